The standard InChI is InChI=1S/C14H23FO5/c15-13(11-17-10-12-9-16-5-6-18-12)1-3-14(4-2-13)19-7-8-20-14/h12H,1-11H2. The van der Waals surface area contributed by atoms with Gasteiger partial charge in [-0.3, -0.25) is 0 Å². The van der Waals surface area contributed by atoms with Gasteiger partial charge in [0.25, 0.3) is 0 Å². The maximum Gasteiger partial charge on any atom is 0.168 e. The van der Waals surface area contributed by atoms with Gasteiger partial charge in [-0.2, -0.15) is 0 Å². The van der Waals surface area contributed by atoms with Gasteiger partial charge in [0.2, 0.25) is 0 Å². The van der Waals surface area contributed by atoms with Crippen molar-refractivity contribution in [3.63, 3.8) is 0 Å². The Balaban J connectivity index is 1.39. The maximum absolute atomic E-state index is 14.7. The van der Waals surface area contributed by atoms with Crippen LogP contribution in [0.15, 0.2) is 0 Å². The lowest BCUT2D eigenvalue weighted by molar-refractivity contribution is -0.200. The van der Waals surface area contributed by atoms with E-state index in [1.165, 1.54) is 0 Å². The minimum absolute atomic E-state index is 0.0659. The Morgan fingerprint density at radius 3 is 2.40 bits per heavy atom. The molecule has 0 aromatic rings. The molecule has 0 N–H and O–H groups in total. The molecule has 3 rings (SSSR count). The van der Waals surface area contributed by atoms with E-state index in [2.05, 4.69) is 0 Å². The average Bonchev–Trinajstić information content (AvgIpc) is 2.93. The summed E-state index contributed by atoms with van der Waals surface area (Å²) in [5.41, 5.74) is -1.27. The average molecular weight is 290 g/mol. The van der Waals surface area contributed by atoms with Gasteiger partial charge in [0.15, 0.2) is 5.79 Å². The van der Waals surface area contributed by atoms with Gasteiger partial charge in [-0.25, -0.2) is 4.39 Å². The molecule has 1 unspecified atom stereocenters. The summed E-state index contributed by atoms with van der Waals surface area (Å²) >= 11 is 0. The van der Waals surface area contributed by atoms with Gasteiger partial charge < -0.3 is 23.7 Å². The summed E-state index contributed by atoms with van der Waals surface area (Å²) in [5, 5.41) is 0. The molecule has 1 aliphatic carbocycles. The topological polar surface area (TPSA) is 46.2 Å². The highest BCUT2D eigenvalue weighted by molar-refractivity contribution is 4.91. The van der Waals surface area contributed by atoms with Gasteiger partial charge in [-0.1, -0.05) is 0 Å². The first-order valence-electron chi connectivity index (χ1n) is 7.44. The third-order valence-corrected chi connectivity index (χ3v) is 4.27. The molecule has 2 saturated heterocycles. The van der Waals surface area contributed by atoms with Gasteiger partial charge in [0, 0.05) is 12.8 Å². The van der Waals surface area contributed by atoms with E-state index in [-0.39, 0.29) is 12.7 Å². The first kappa shape index (κ1) is 14.7. The predicted molar refractivity (Wildman–Crippen MR) is 68.3 cm³/mol. The Morgan fingerprint density at radius 1 is 1.00 bits per heavy atom. The Kier molecular flexibility index (Phi) is 4.57. The highest BCUT2D eigenvalue weighted by Gasteiger charge is 2.46. The monoisotopic (exact) mass is 290 g/mol. The van der Waals surface area contributed by atoms with Gasteiger partial charge in [0.1, 0.15) is 11.8 Å². The second-order valence-electron chi connectivity index (χ2n) is 5.84. The highest BCUT2D eigenvalue weighted by Crippen LogP contribution is 2.42. The van der Waals surface area contributed by atoms with Crippen LogP contribution in [0, 0.1) is 0 Å². The largest absolute Gasteiger partial charge is 0.376 e. The lowest BCUT2D eigenvalue weighted by Gasteiger charge is -2.39. The lowest BCUT2D eigenvalue weighted by Crippen LogP contribution is -2.44. The van der Waals surface area contributed by atoms with Crippen molar-refractivity contribution in [1.29, 1.82) is 0 Å². The molecule has 6 heteroatoms. The summed E-state index contributed by atoms with van der Waals surface area (Å²) in [6.07, 6.45) is 2.00. The van der Waals surface area contributed by atoms with Crippen LogP contribution in [0.25, 0.3) is 0 Å². The highest BCUT2D eigenvalue weighted by atomic mass is 19.1. The molecule has 2 heterocycles. The van der Waals surface area contributed by atoms with Crippen molar-refractivity contribution < 1.29 is 28.1 Å². The summed E-state index contributed by atoms with van der Waals surface area (Å²) in [7, 11) is 0. The van der Waals surface area contributed by atoms with E-state index in [0.29, 0.717) is 65.3 Å². The van der Waals surface area contributed by atoms with E-state index < -0.39 is 11.5 Å². The van der Waals surface area contributed by atoms with Crippen molar-refractivity contribution in [2.75, 3.05) is 46.2 Å². The molecule has 0 aromatic carbocycles. The molecule has 0 aromatic heterocycles. The maximum atomic E-state index is 14.7. The smallest absolute Gasteiger partial charge is 0.168 e. The molecule has 2 aliphatic heterocycles. The molecule has 1 atom stereocenters. The van der Waals surface area contributed by atoms with Crippen LogP contribution in [0.1, 0.15) is 25.7 Å². The fourth-order valence-corrected chi connectivity index (χ4v) is 3.02. The summed E-state index contributed by atoms with van der Waals surface area (Å²) in [6, 6.07) is 0. The molecule has 20 heavy (non-hydrogen) atoms. The number of alkyl halides is 1. The summed E-state index contributed by atoms with van der Waals surface area (Å²) in [4.78, 5) is 0. The van der Waals surface area contributed by atoms with E-state index in [1.807, 2.05) is 0 Å². The zero-order valence-corrected chi connectivity index (χ0v) is 11.8. The van der Waals surface area contributed by atoms with Crippen molar-refractivity contribution in [3.05, 3.63) is 0 Å². The zero-order chi connectivity index (χ0) is 13.9. The van der Waals surface area contributed by atoms with Gasteiger partial charge in [-0.15, -0.1) is 0 Å². The molecule has 3 fully saturated rings. The van der Waals surface area contributed by atoms with Gasteiger partial charge in [0.05, 0.1) is 46.2 Å². The normalized spacial score (nSPS) is 32.5. The van der Waals surface area contributed by atoms with E-state index in [0.717, 1.165) is 0 Å². The summed E-state index contributed by atoms with van der Waals surface area (Å²) < 4.78 is 42.1. The SMILES string of the molecule is FC1(COCC2COCCO2)CCC2(CC1)OCCO2. The molecule has 3 aliphatic rings. The number of ether oxygens (including phenoxy) is 5. The molecule has 0 radical (unpaired) electrons. The fraction of sp³-hybridized carbons (Fsp3) is 1.00. The summed E-state index contributed by atoms with van der Waals surface area (Å²) in [6.45, 7) is 3.50. The number of halogens is 1. The number of hydrogen-bond acceptors (Lipinski definition) is 5. The third-order valence-electron chi connectivity index (χ3n) is 4.27. The van der Waals surface area contributed by atoms with Crippen molar-refractivity contribution in [2.45, 2.75) is 43.2 Å². The molecule has 1 spiro atoms. The molecule has 116 valence electrons. The lowest BCUT2D eigenvalue weighted by atomic mass is 9.83. The first-order chi connectivity index (χ1) is 9.70. The van der Waals surface area contributed by atoms with Crippen LogP contribution in [0.4, 0.5) is 4.39 Å². The minimum atomic E-state index is -1.27. The predicted octanol–water partition coefficient (Wildman–Crippen LogP) is 1.44. The molecule has 0 amide bonds. The van der Waals surface area contributed by atoms with Crippen LogP contribution >= 0.6 is 0 Å². The molecule has 0 bridgehead atoms. The summed E-state index contributed by atoms with van der Waals surface area (Å²) in [5.74, 6) is -0.518. The Labute approximate surface area is 118 Å². The third kappa shape index (κ3) is 3.49. The van der Waals surface area contributed by atoms with Crippen LogP contribution in [0.2, 0.25) is 0 Å². The van der Waals surface area contributed by atoms with Crippen LogP contribution in [-0.4, -0.2) is 63.8 Å². The number of rotatable bonds is 4. The minimum Gasteiger partial charge on any atom is -0.376 e. The van der Waals surface area contributed by atoms with Crippen LogP contribution in [-0.2, 0) is 23.7 Å². The van der Waals surface area contributed by atoms with Crippen LogP contribution in [0.5, 0.6) is 0 Å². The first-order valence-corrected chi connectivity index (χ1v) is 7.44. The molecule has 1 saturated carbocycles. The molecular formula is C14H23FO5. The van der Waals surface area contributed by atoms with Gasteiger partial charge >= 0.3 is 0 Å². The van der Waals surface area contributed by atoms with Crippen molar-refractivity contribution in [1.82, 2.24) is 0 Å². The van der Waals surface area contributed by atoms with Crippen molar-refractivity contribution >= 4 is 0 Å². The second-order valence-corrected chi connectivity index (χ2v) is 5.84. The van der Waals surface area contributed by atoms with Crippen LogP contribution < -0.4 is 0 Å². The Morgan fingerprint density at radius 2 is 1.75 bits per heavy atom. The van der Waals surface area contributed by atoms with E-state index in [9.17, 15) is 4.39 Å². The second kappa shape index (κ2) is 6.23. The van der Waals surface area contributed by atoms with Crippen LogP contribution in [0.3, 0.4) is 0 Å². The van der Waals surface area contributed by atoms with Crippen molar-refractivity contribution in [2.24, 2.45) is 0 Å². The molecular weight excluding hydrogens is 267 g/mol. The van der Waals surface area contributed by atoms with Gasteiger partial charge in [-0.05, 0) is 12.8 Å². The number of hydrogen-bond donors (Lipinski definition) is 0. The quantitative estimate of drug-likeness (QED) is 0.784. The Hall–Kier alpha value is -0.270. The van der Waals surface area contributed by atoms with E-state index in [4.69, 9.17) is 23.7 Å². The van der Waals surface area contributed by atoms with E-state index in [1.54, 1.807) is 0 Å². The van der Waals surface area contributed by atoms with Crippen molar-refractivity contribution in [3.8, 4) is 0 Å². The van der Waals surface area contributed by atoms with E-state index >= 15 is 0 Å². The fourth-order valence-electron chi connectivity index (χ4n) is 3.02. The zero-order valence-electron chi connectivity index (χ0n) is 11.8. The molecule has 5 nitrogen and oxygen atoms in total. The Bertz CT molecular complexity index is 303.